The van der Waals surface area contributed by atoms with Gasteiger partial charge in [0.05, 0.1) is 4.90 Å². The monoisotopic (exact) mass is 286 g/mol. The van der Waals surface area contributed by atoms with Crippen LogP contribution in [0.5, 0.6) is 0 Å². The van der Waals surface area contributed by atoms with E-state index in [2.05, 4.69) is 0 Å². The van der Waals surface area contributed by atoms with Gasteiger partial charge in [-0.15, -0.1) is 0 Å². The van der Waals surface area contributed by atoms with Crippen molar-refractivity contribution in [2.45, 2.75) is 43.7 Å². The normalized spacial score (nSPS) is 16.0. The van der Waals surface area contributed by atoms with Gasteiger partial charge in [0.15, 0.2) is 0 Å². The molecule has 1 saturated carbocycles. The van der Waals surface area contributed by atoms with Crippen LogP contribution in [0.25, 0.3) is 0 Å². The summed E-state index contributed by atoms with van der Waals surface area (Å²) in [5.41, 5.74) is 5.65. The van der Waals surface area contributed by atoms with E-state index in [0.29, 0.717) is 6.54 Å². The summed E-state index contributed by atoms with van der Waals surface area (Å²) in [6.07, 6.45) is 2.58. The number of hydrogen-bond donors (Lipinski definition) is 1. The smallest absolute Gasteiger partial charge is 0.243 e. The maximum Gasteiger partial charge on any atom is 0.243 e. The molecule has 0 unspecified atom stereocenters. The standard InChI is InChI=1S/C13H19FN2O2S/c1-2-7-16(11-3-4-11)19(17,18)12-5-6-13(14)10(8-12)9-15/h5-6,8,11H,2-4,7,9,15H2,1H3. The summed E-state index contributed by atoms with van der Waals surface area (Å²) in [5.74, 6) is -0.463. The fraction of sp³-hybridized carbons (Fsp3) is 0.538. The zero-order valence-electron chi connectivity index (χ0n) is 11.0. The first-order chi connectivity index (χ1) is 9.00. The van der Waals surface area contributed by atoms with Gasteiger partial charge < -0.3 is 5.73 Å². The van der Waals surface area contributed by atoms with Crippen LogP contribution >= 0.6 is 0 Å². The minimum atomic E-state index is -3.54. The SMILES string of the molecule is CCCN(C1CC1)S(=O)(=O)c1ccc(F)c(CN)c1. The zero-order chi connectivity index (χ0) is 14.0. The number of hydrogen-bond acceptors (Lipinski definition) is 3. The zero-order valence-corrected chi connectivity index (χ0v) is 11.8. The molecular weight excluding hydrogens is 267 g/mol. The highest BCUT2D eigenvalue weighted by molar-refractivity contribution is 7.89. The summed E-state index contributed by atoms with van der Waals surface area (Å²) < 4.78 is 40.0. The maximum atomic E-state index is 13.4. The lowest BCUT2D eigenvalue weighted by molar-refractivity contribution is 0.403. The highest BCUT2D eigenvalue weighted by Gasteiger charge is 2.37. The topological polar surface area (TPSA) is 63.4 Å². The molecular formula is C13H19FN2O2S. The summed E-state index contributed by atoms with van der Waals surface area (Å²) >= 11 is 0. The number of nitrogens with two attached hydrogens (primary N) is 1. The lowest BCUT2D eigenvalue weighted by atomic mass is 10.2. The van der Waals surface area contributed by atoms with Gasteiger partial charge in [0.2, 0.25) is 10.0 Å². The van der Waals surface area contributed by atoms with E-state index in [1.54, 1.807) is 0 Å². The van der Waals surface area contributed by atoms with E-state index in [4.69, 9.17) is 5.73 Å². The Kier molecular flexibility index (Phi) is 4.23. The Bertz CT molecular complexity index is 556. The van der Waals surface area contributed by atoms with Gasteiger partial charge >= 0.3 is 0 Å². The van der Waals surface area contributed by atoms with Gasteiger partial charge in [0, 0.05) is 24.7 Å². The molecule has 0 bridgehead atoms. The van der Waals surface area contributed by atoms with E-state index >= 15 is 0 Å². The maximum absolute atomic E-state index is 13.4. The van der Waals surface area contributed by atoms with Crippen molar-refractivity contribution >= 4 is 10.0 Å². The van der Waals surface area contributed by atoms with E-state index < -0.39 is 15.8 Å². The summed E-state index contributed by atoms with van der Waals surface area (Å²) in [6, 6.07) is 3.94. The van der Waals surface area contributed by atoms with Gasteiger partial charge in [-0.25, -0.2) is 12.8 Å². The van der Waals surface area contributed by atoms with Crippen LogP contribution in [-0.2, 0) is 16.6 Å². The molecule has 0 aromatic heterocycles. The first-order valence-electron chi connectivity index (χ1n) is 6.51. The summed E-state index contributed by atoms with van der Waals surface area (Å²) in [7, 11) is -3.54. The van der Waals surface area contributed by atoms with Crippen molar-refractivity contribution in [1.29, 1.82) is 0 Å². The minimum Gasteiger partial charge on any atom is -0.326 e. The Labute approximate surface area is 113 Å². The molecule has 0 aliphatic heterocycles. The van der Waals surface area contributed by atoms with Crippen molar-refractivity contribution in [2.75, 3.05) is 6.54 Å². The van der Waals surface area contributed by atoms with Crippen LogP contribution in [0.15, 0.2) is 23.1 Å². The first-order valence-corrected chi connectivity index (χ1v) is 7.95. The molecule has 1 aromatic carbocycles. The molecule has 1 aliphatic carbocycles. The third kappa shape index (κ3) is 2.96. The number of sulfonamides is 1. The van der Waals surface area contributed by atoms with Crippen LogP contribution in [0.1, 0.15) is 31.7 Å². The Morgan fingerprint density at radius 1 is 1.42 bits per heavy atom. The predicted molar refractivity (Wildman–Crippen MR) is 71.5 cm³/mol. The third-order valence-corrected chi connectivity index (χ3v) is 5.19. The minimum absolute atomic E-state index is 0.00754. The molecule has 2 rings (SSSR count). The molecule has 2 N–H and O–H groups in total. The fourth-order valence-corrected chi connectivity index (χ4v) is 3.91. The highest BCUT2D eigenvalue weighted by atomic mass is 32.2. The predicted octanol–water partition coefficient (Wildman–Crippen LogP) is 1.85. The molecule has 1 aliphatic rings. The second-order valence-electron chi connectivity index (χ2n) is 4.80. The van der Waals surface area contributed by atoms with E-state index in [0.717, 1.165) is 19.3 Å². The Morgan fingerprint density at radius 2 is 2.11 bits per heavy atom. The lowest BCUT2D eigenvalue weighted by Gasteiger charge is -2.21. The molecule has 0 heterocycles. The van der Waals surface area contributed by atoms with E-state index in [1.165, 1.54) is 22.5 Å². The highest BCUT2D eigenvalue weighted by Crippen LogP contribution is 2.32. The molecule has 1 fully saturated rings. The first kappa shape index (κ1) is 14.4. The van der Waals surface area contributed by atoms with Crippen LogP contribution in [0.2, 0.25) is 0 Å². The van der Waals surface area contributed by atoms with Crippen LogP contribution in [0.4, 0.5) is 4.39 Å². The molecule has 4 nitrogen and oxygen atoms in total. The van der Waals surface area contributed by atoms with Crippen LogP contribution in [-0.4, -0.2) is 25.3 Å². The summed E-state index contributed by atoms with van der Waals surface area (Å²) in [6.45, 7) is 2.44. The van der Waals surface area contributed by atoms with Gasteiger partial charge in [-0.3, -0.25) is 0 Å². The Morgan fingerprint density at radius 3 is 2.63 bits per heavy atom. The second-order valence-corrected chi connectivity index (χ2v) is 6.69. The summed E-state index contributed by atoms with van der Waals surface area (Å²) in [5, 5.41) is 0. The molecule has 1 aromatic rings. The average Bonchev–Trinajstić information content (AvgIpc) is 3.20. The molecule has 0 saturated heterocycles. The Hall–Kier alpha value is -0.980. The second kappa shape index (κ2) is 5.56. The van der Waals surface area contributed by atoms with Crippen molar-refractivity contribution in [1.82, 2.24) is 4.31 Å². The molecule has 0 spiro atoms. The van der Waals surface area contributed by atoms with E-state index in [1.807, 2.05) is 6.92 Å². The van der Waals surface area contributed by atoms with Gasteiger partial charge in [-0.05, 0) is 37.5 Å². The number of rotatable bonds is 6. The number of nitrogens with zero attached hydrogens (tertiary/aromatic N) is 1. The van der Waals surface area contributed by atoms with Gasteiger partial charge in [-0.1, -0.05) is 6.92 Å². The number of halogens is 1. The van der Waals surface area contributed by atoms with Crippen molar-refractivity contribution < 1.29 is 12.8 Å². The van der Waals surface area contributed by atoms with Crippen molar-refractivity contribution in [3.8, 4) is 0 Å². The van der Waals surface area contributed by atoms with E-state index in [-0.39, 0.29) is 23.0 Å². The van der Waals surface area contributed by atoms with Crippen molar-refractivity contribution in [2.24, 2.45) is 5.73 Å². The number of benzene rings is 1. The van der Waals surface area contributed by atoms with Crippen LogP contribution in [0, 0.1) is 5.82 Å². The summed E-state index contributed by atoms with van der Waals surface area (Å²) in [4.78, 5) is 0.134. The molecule has 19 heavy (non-hydrogen) atoms. The molecule has 6 heteroatoms. The van der Waals surface area contributed by atoms with Crippen LogP contribution in [0.3, 0.4) is 0 Å². The Balaban J connectivity index is 2.37. The fourth-order valence-electron chi connectivity index (χ4n) is 2.09. The molecule has 106 valence electrons. The van der Waals surface area contributed by atoms with Gasteiger partial charge in [-0.2, -0.15) is 4.31 Å². The largest absolute Gasteiger partial charge is 0.326 e. The van der Waals surface area contributed by atoms with Crippen LogP contribution < -0.4 is 5.73 Å². The van der Waals surface area contributed by atoms with Gasteiger partial charge in [0.1, 0.15) is 5.82 Å². The van der Waals surface area contributed by atoms with Crippen molar-refractivity contribution in [3.05, 3.63) is 29.6 Å². The third-order valence-electron chi connectivity index (χ3n) is 3.24. The quantitative estimate of drug-likeness (QED) is 0.868. The molecule has 0 radical (unpaired) electrons. The average molecular weight is 286 g/mol. The molecule has 0 amide bonds. The molecule has 0 atom stereocenters. The lowest BCUT2D eigenvalue weighted by Crippen LogP contribution is -2.34. The van der Waals surface area contributed by atoms with Gasteiger partial charge in [0.25, 0.3) is 0 Å². The van der Waals surface area contributed by atoms with E-state index in [9.17, 15) is 12.8 Å². The van der Waals surface area contributed by atoms with Crippen molar-refractivity contribution in [3.63, 3.8) is 0 Å².